The number of amides is 1. The summed E-state index contributed by atoms with van der Waals surface area (Å²) in [4.78, 5) is 29.2. The van der Waals surface area contributed by atoms with Gasteiger partial charge in [0.25, 0.3) is 11.5 Å². The minimum atomic E-state index is -0.823. The first-order chi connectivity index (χ1) is 12.2. The van der Waals surface area contributed by atoms with Crippen LogP contribution in [0.15, 0.2) is 23.0 Å². The lowest BCUT2D eigenvalue weighted by Gasteiger charge is -2.15. The van der Waals surface area contributed by atoms with E-state index in [1.54, 1.807) is 6.07 Å². The summed E-state index contributed by atoms with van der Waals surface area (Å²) in [7, 11) is 1.32. The predicted molar refractivity (Wildman–Crippen MR) is 102 cm³/mol. The molecule has 140 valence electrons. The van der Waals surface area contributed by atoms with Gasteiger partial charge in [0.15, 0.2) is 5.69 Å². The Kier molecular flexibility index (Phi) is 6.92. The number of aromatic nitrogens is 2. The summed E-state index contributed by atoms with van der Waals surface area (Å²) in [5, 5.41) is 15.3. The average Bonchev–Trinajstić information content (AvgIpc) is 2.56. The molecule has 1 heterocycles. The number of halogens is 3. The van der Waals surface area contributed by atoms with E-state index in [9.17, 15) is 14.0 Å². The monoisotopic (exact) mass is 496 g/mol. The number of nitrogens with one attached hydrogen (secondary N) is 2. The average molecular weight is 497 g/mol. The van der Waals surface area contributed by atoms with Crippen molar-refractivity contribution >= 4 is 51.5 Å². The van der Waals surface area contributed by atoms with Gasteiger partial charge in [-0.25, -0.2) is 14.6 Å². The van der Waals surface area contributed by atoms with E-state index >= 15 is 0 Å². The van der Waals surface area contributed by atoms with Crippen molar-refractivity contribution in [1.82, 2.24) is 15.3 Å². The predicted octanol–water partition coefficient (Wildman–Crippen LogP) is 1.96. The molecule has 0 saturated carbocycles. The van der Waals surface area contributed by atoms with Gasteiger partial charge in [-0.3, -0.25) is 14.4 Å². The molecule has 0 saturated heterocycles. The van der Waals surface area contributed by atoms with E-state index in [-0.39, 0.29) is 28.7 Å². The number of hydroxylamine groups is 1. The molecule has 0 aliphatic heterocycles. The molecule has 0 aliphatic rings. The molecule has 0 unspecified atom stereocenters. The highest BCUT2D eigenvalue weighted by Gasteiger charge is 2.22. The van der Waals surface area contributed by atoms with Crippen LogP contribution in [0.1, 0.15) is 17.4 Å². The van der Waals surface area contributed by atoms with Gasteiger partial charge in [0.05, 0.1) is 17.5 Å². The number of aliphatic hydroxyl groups excluding tert-OH is 1. The smallest absolute Gasteiger partial charge is 0.297 e. The first kappa shape index (κ1) is 20.6. The molecule has 0 fully saturated rings. The fraction of sp³-hybridized carbons (Fsp3) is 0.267. The maximum Gasteiger partial charge on any atom is 0.297 e. The van der Waals surface area contributed by atoms with Crippen molar-refractivity contribution in [3.05, 3.63) is 48.7 Å². The number of anilines is 2. The number of benzene rings is 1. The number of aryl methyl sites for hydroxylation is 1. The van der Waals surface area contributed by atoms with Gasteiger partial charge in [-0.15, -0.1) is 0 Å². The second-order valence-electron chi connectivity index (χ2n) is 5.31. The van der Waals surface area contributed by atoms with Crippen LogP contribution >= 0.6 is 34.2 Å². The molecule has 11 heteroatoms. The van der Waals surface area contributed by atoms with Crippen molar-refractivity contribution in [3.8, 4) is 0 Å². The Hall–Kier alpha value is -1.76. The van der Waals surface area contributed by atoms with Gasteiger partial charge in [0, 0.05) is 10.6 Å². The van der Waals surface area contributed by atoms with Gasteiger partial charge >= 0.3 is 0 Å². The van der Waals surface area contributed by atoms with Gasteiger partial charge in [-0.1, -0.05) is 11.6 Å². The van der Waals surface area contributed by atoms with E-state index in [0.29, 0.717) is 3.57 Å². The molecule has 3 N–H and O–H groups in total. The van der Waals surface area contributed by atoms with E-state index in [1.165, 1.54) is 26.1 Å². The zero-order valence-electron chi connectivity index (χ0n) is 13.7. The molecule has 8 nitrogen and oxygen atoms in total. The highest BCUT2D eigenvalue weighted by molar-refractivity contribution is 14.1. The molecule has 1 aromatic carbocycles. The Labute approximate surface area is 166 Å². The van der Waals surface area contributed by atoms with Crippen molar-refractivity contribution in [2.24, 2.45) is 7.05 Å². The Morgan fingerprint density at radius 3 is 2.85 bits per heavy atom. The lowest BCUT2D eigenvalue weighted by atomic mass is 10.2. The van der Waals surface area contributed by atoms with E-state index in [0.717, 1.165) is 4.68 Å². The SMILES string of the molecule is C[C@H](O)CONC(=O)c1nn(C)c(=O)c(Cl)c1Nc1ccc(I)cc1F. The number of hydrogen-bond acceptors (Lipinski definition) is 6. The summed E-state index contributed by atoms with van der Waals surface area (Å²) in [5.41, 5.74) is 0.997. The molecular weight excluding hydrogens is 482 g/mol. The normalized spacial score (nSPS) is 11.9. The van der Waals surface area contributed by atoms with E-state index in [2.05, 4.69) is 15.9 Å². The molecule has 0 spiro atoms. The van der Waals surface area contributed by atoms with Crippen LogP contribution in [0.4, 0.5) is 15.8 Å². The van der Waals surface area contributed by atoms with Crippen molar-refractivity contribution in [3.63, 3.8) is 0 Å². The van der Waals surface area contributed by atoms with Gasteiger partial charge in [0.1, 0.15) is 17.4 Å². The highest BCUT2D eigenvalue weighted by Crippen LogP contribution is 2.27. The minimum Gasteiger partial charge on any atom is -0.391 e. The van der Waals surface area contributed by atoms with Gasteiger partial charge in [-0.2, -0.15) is 5.10 Å². The topological polar surface area (TPSA) is 105 Å². The minimum absolute atomic E-state index is 0.0151. The van der Waals surface area contributed by atoms with E-state index in [4.69, 9.17) is 21.5 Å². The lowest BCUT2D eigenvalue weighted by molar-refractivity contribution is -0.00717. The van der Waals surface area contributed by atoms with Crippen LogP contribution < -0.4 is 16.4 Å². The van der Waals surface area contributed by atoms with Crippen LogP contribution in [0.3, 0.4) is 0 Å². The van der Waals surface area contributed by atoms with Crippen LogP contribution in [-0.2, 0) is 11.9 Å². The van der Waals surface area contributed by atoms with Crippen LogP contribution in [-0.4, -0.2) is 33.5 Å². The third-order valence-electron chi connectivity index (χ3n) is 3.08. The first-order valence-corrected chi connectivity index (χ1v) is 8.75. The number of carbonyl (C=O) groups is 1. The van der Waals surface area contributed by atoms with Gasteiger partial charge in [0.2, 0.25) is 0 Å². The maximum absolute atomic E-state index is 14.1. The van der Waals surface area contributed by atoms with Crippen LogP contribution in [0.25, 0.3) is 0 Å². The number of carbonyl (C=O) groups excluding carboxylic acids is 1. The third-order valence-corrected chi connectivity index (χ3v) is 4.10. The fourth-order valence-corrected chi connectivity index (χ4v) is 2.59. The van der Waals surface area contributed by atoms with Crippen LogP contribution in [0, 0.1) is 9.39 Å². The summed E-state index contributed by atoms with van der Waals surface area (Å²) in [6, 6.07) is 4.35. The van der Waals surface area contributed by atoms with Crippen LogP contribution in [0.5, 0.6) is 0 Å². The molecule has 0 radical (unpaired) electrons. The zero-order valence-corrected chi connectivity index (χ0v) is 16.6. The summed E-state index contributed by atoms with van der Waals surface area (Å²) in [5.74, 6) is -1.41. The van der Waals surface area contributed by atoms with Gasteiger partial charge < -0.3 is 10.4 Å². The summed E-state index contributed by atoms with van der Waals surface area (Å²) in [6.07, 6.45) is -0.801. The summed E-state index contributed by atoms with van der Waals surface area (Å²) < 4.78 is 15.7. The quantitative estimate of drug-likeness (QED) is 0.417. The largest absolute Gasteiger partial charge is 0.391 e. The van der Waals surface area contributed by atoms with Crippen molar-refractivity contribution in [2.75, 3.05) is 11.9 Å². The molecule has 0 aliphatic carbocycles. The first-order valence-electron chi connectivity index (χ1n) is 7.29. The summed E-state index contributed by atoms with van der Waals surface area (Å²) in [6.45, 7) is 1.32. The Morgan fingerprint density at radius 2 is 2.23 bits per heavy atom. The molecule has 0 bridgehead atoms. The fourth-order valence-electron chi connectivity index (χ4n) is 1.87. The maximum atomic E-state index is 14.1. The van der Waals surface area contributed by atoms with Crippen molar-refractivity contribution in [1.29, 1.82) is 0 Å². The number of nitrogens with zero attached hydrogens (tertiary/aromatic N) is 2. The molecule has 26 heavy (non-hydrogen) atoms. The Morgan fingerprint density at radius 1 is 1.54 bits per heavy atom. The molecule has 1 aromatic heterocycles. The van der Waals surface area contributed by atoms with E-state index in [1.807, 2.05) is 22.6 Å². The van der Waals surface area contributed by atoms with E-state index < -0.39 is 23.4 Å². The molecular formula is C15H15ClFIN4O4. The Balaban J connectivity index is 2.41. The molecule has 1 atom stereocenters. The number of hydrogen-bond donors (Lipinski definition) is 3. The zero-order chi connectivity index (χ0) is 19.4. The molecule has 1 amide bonds. The van der Waals surface area contributed by atoms with Crippen LogP contribution in [0.2, 0.25) is 5.02 Å². The van der Waals surface area contributed by atoms with Crippen molar-refractivity contribution < 1.29 is 19.1 Å². The second kappa shape index (κ2) is 8.75. The highest BCUT2D eigenvalue weighted by atomic mass is 127. The summed E-state index contributed by atoms with van der Waals surface area (Å²) >= 11 is 7.99. The number of aliphatic hydroxyl groups is 1. The Bertz CT molecular complexity index is 891. The number of rotatable bonds is 6. The van der Waals surface area contributed by atoms with Crippen molar-refractivity contribution in [2.45, 2.75) is 13.0 Å². The standard InChI is InChI=1S/C15H15ClFIN4O4/c1-7(23)6-26-21-14(24)13-12(11(16)15(25)22(2)20-13)19-10-4-3-8(18)5-9(10)17/h3-5,7,19,23H,6H2,1-2H3,(H,21,24)/t7-/m0/s1. The molecule has 2 aromatic rings. The third kappa shape index (κ3) is 4.90. The lowest BCUT2D eigenvalue weighted by Crippen LogP contribution is -2.32. The van der Waals surface area contributed by atoms with Gasteiger partial charge in [-0.05, 0) is 47.7 Å². The molecule has 2 rings (SSSR count). The second-order valence-corrected chi connectivity index (χ2v) is 6.93.